The maximum atomic E-state index is 13.1. The molecule has 0 saturated carbocycles. The van der Waals surface area contributed by atoms with Crippen molar-refractivity contribution in [2.75, 3.05) is 5.75 Å². The molecule has 0 heterocycles. The quantitative estimate of drug-likeness (QED) is 0.904. The third-order valence-corrected chi connectivity index (χ3v) is 6.82. The largest absolute Gasteiger partial charge is 0.369 e. The van der Waals surface area contributed by atoms with Gasteiger partial charge >= 0.3 is 0 Å². The van der Waals surface area contributed by atoms with Gasteiger partial charge in [-0.2, -0.15) is 0 Å². The van der Waals surface area contributed by atoms with Gasteiger partial charge in [0.2, 0.25) is 5.91 Å². The summed E-state index contributed by atoms with van der Waals surface area (Å²) in [5, 5.41) is 0. The van der Waals surface area contributed by atoms with E-state index in [1.165, 1.54) is 5.56 Å². The smallest absolute Gasteiger partial charge is 0.230 e. The summed E-state index contributed by atoms with van der Waals surface area (Å²) in [7, 11) is -1.46. The Labute approximate surface area is 146 Å². The molecule has 4 heteroatoms. The molecule has 1 amide bonds. The first-order valence-electron chi connectivity index (χ1n) is 7.99. The van der Waals surface area contributed by atoms with E-state index in [0.29, 0.717) is 0 Å². The third-order valence-electron chi connectivity index (χ3n) is 4.91. The van der Waals surface area contributed by atoms with Crippen LogP contribution in [0.2, 0.25) is 0 Å². The molecule has 2 N–H and O–H groups in total. The van der Waals surface area contributed by atoms with Crippen LogP contribution in [-0.4, -0.2) is 15.9 Å². The van der Waals surface area contributed by atoms with Gasteiger partial charge in [-0.05, 0) is 68.0 Å². The van der Waals surface area contributed by atoms with E-state index in [1.54, 1.807) is 0 Å². The van der Waals surface area contributed by atoms with Crippen molar-refractivity contribution in [1.82, 2.24) is 0 Å². The van der Waals surface area contributed by atoms with E-state index in [4.69, 9.17) is 5.73 Å². The number of primary amides is 1. The first-order valence-corrected chi connectivity index (χ1v) is 9.31. The minimum absolute atomic E-state index is 0.156. The van der Waals surface area contributed by atoms with E-state index in [9.17, 15) is 9.00 Å². The number of carbonyl (C=O) groups is 1. The number of hydrogen-bond donors (Lipinski definition) is 1. The molecule has 0 bridgehead atoms. The average Bonchev–Trinajstić information content (AvgIpc) is 2.51. The summed E-state index contributed by atoms with van der Waals surface area (Å²) in [5.74, 6) is -0.703. The maximum absolute atomic E-state index is 13.1. The van der Waals surface area contributed by atoms with Crippen LogP contribution in [0.5, 0.6) is 0 Å². The summed E-state index contributed by atoms with van der Waals surface area (Å²) in [5.41, 5.74) is 11.8. The third kappa shape index (κ3) is 3.29. The molecule has 0 spiro atoms. The molecule has 2 atom stereocenters. The lowest BCUT2D eigenvalue weighted by Crippen LogP contribution is -2.36. The van der Waals surface area contributed by atoms with Gasteiger partial charge in [-0.25, -0.2) is 0 Å². The van der Waals surface area contributed by atoms with Gasteiger partial charge in [0.15, 0.2) is 0 Å². The van der Waals surface area contributed by atoms with Crippen LogP contribution in [0.3, 0.4) is 0 Å². The molecule has 0 radical (unpaired) electrons. The van der Waals surface area contributed by atoms with Gasteiger partial charge < -0.3 is 5.73 Å². The van der Waals surface area contributed by atoms with E-state index in [0.717, 1.165) is 27.8 Å². The predicted molar refractivity (Wildman–Crippen MR) is 100 cm³/mol. The van der Waals surface area contributed by atoms with Crippen LogP contribution in [0.4, 0.5) is 0 Å². The number of amides is 1. The molecular weight excluding hydrogens is 318 g/mol. The summed E-state index contributed by atoms with van der Waals surface area (Å²) in [6.07, 6.45) is 0. The Morgan fingerprint density at radius 3 is 2.29 bits per heavy atom. The van der Waals surface area contributed by atoms with Crippen LogP contribution in [0.25, 0.3) is 0 Å². The molecule has 2 unspecified atom stereocenters. The van der Waals surface area contributed by atoms with Gasteiger partial charge in [-0.15, -0.1) is 0 Å². The van der Waals surface area contributed by atoms with Crippen molar-refractivity contribution in [2.45, 2.75) is 39.4 Å². The standard InChI is InChI=1S/C20H25NO2S/c1-13-9-10-17(11-15(13)3)20(5,24(23)12-19(21)22)18-8-6-7-14(2)16(18)4/h6-11H,12H2,1-5H3,(H2,21,22). The zero-order chi connectivity index (χ0) is 18.1. The Balaban J connectivity index is 2.74. The molecular formula is C20H25NO2S. The molecule has 0 aliphatic heterocycles. The highest BCUT2D eigenvalue weighted by Crippen LogP contribution is 2.39. The van der Waals surface area contributed by atoms with E-state index < -0.39 is 21.5 Å². The number of carbonyl (C=O) groups excluding carboxylic acids is 1. The molecule has 0 fully saturated rings. The lowest BCUT2D eigenvalue weighted by atomic mass is 9.86. The zero-order valence-electron chi connectivity index (χ0n) is 15.0. The van der Waals surface area contributed by atoms with Crippen molar-refractivity contribution in [1.29, 1.82) is 0 Å². The van der Waals surface area contributed by atoms with Crippen molar-refractivity contribution in [2.24, 2.45) is 5.73 Å². The second kappa shape index (κ2) is 6.89. The lowest BCUT2D eigenvalue weighted by Gasteiger charge is -2.32. The highest BCUT2D eigenvalue weighted by molar-refractivity contribution is 7.87. The minimum Gasteiger partial charge on any atom is -0.369 e. The molecule has 2 rings (SSSR count). The number of hydrogen-bond acceptors (Lipinski definition) is 2. The first kappa shape index (κ1) is 18.4. The van der Waals surface area contributed by atoms with Crippen molar-refractivity contribution < 1.29 is 9.00 Å². The van der Waals surface area contributed by atoms with Crippen molar-refractivity contribution in [3.8, 4) is 0 Å². The Morgan fingerprint density at radius 2 is 1.71 bits per heavy atom. The molecule has 2 aromatic rings. The summed E-state index contributed by atoms with van der Waals surface area (Å²) in [4.78, 5) is 11.4. The average molecular weight is 343 g/mol. The Morgan fingerprint density at radius 1 is 1.04 bits per heavy atom. The van der Waals surface area contributed by atoms with Gasteiger partial charge in [0, 0.05) is 10.8 Å². The molecule has 24 heavy (non-hydrogen) atoms. The van der Waals surface area contributed by atoms with E-state index in [1.807, 2.05) is 58.0 Å². The molecule has 3 nitrogen and oxygen atoms in total. The fourth-order valence-electron chi connectivity index (χ4n) is 2.99. The van der Waals surface area contributed by atoms with Crippen LogP contribution in [0, 0.1) is 27.7 Å². The van der Waals surface area contributed by atoms with Crippen LogP contribution in [0.15, 0.2) is 36.4 Å². The SMILES string of the molecule is Cc1ccc(C(C)(c2cccc(C)c2C)S(=O)CC(N)=O)cc1C. The molecule has 0 aliphatic rings. The molecule has 0 aromatic heterocycles. The normalized spacial score (nSPS) is 14.9. The van der Waals surface area contributed by atoms with Crippen LogP contribution >= 0.6 is 0 Å². The summed E-state index contributed by atoms with van der Waals surface area (Å²) < 4.78 is 12.4. The monoisotopic (exact) mass is 343 g/mol. The number of aryl methyl sites for hydroxylation is 3. The molecule has 0 aliphatic carbocycles. The highest BCUT2D eigenvalue weighted by atomic mass is 32.2. The zero-order valence-corrected chi connectivity index (χ0v) is 15.8. The summed E-state index contributed by atoms with van der Waals surface area (Å²) in [6.45, 7) is 10.1. The first-order chi connectivity index (χ1) is 11.2. The second-order valence-corrected chi connectivity index (χ2v) is 8.33. The van der Waals surface area contributed by atoms with Crippen molar-refractivity contribution in [3.63, 3.8) is 0 Å². The van der Waals surface area contributed by atoms with Gasteiger partial charge in [-0.3, -0.25) is 9.00 Å². The fraction of sp³-hybridized carbons (Fsp3) is 0.350. The van der Waals surface area contributed by atoms with E-state index >= 15 is 0 Å². The number of rotatable bonds is 5. The minimum atomic E-state index is -1.46. The van der Waals surface area contributed by atoms with Gasteiger partial charge in [0.25, 0.3) is 0 Å². The number of nitrogens with two attached hydrogens (primary N) is 1. The van der Waals surface area contributed by atoms with Gasteiger partial charge in [0.1, 0.15) is 5.75 Å². The Bertz CT molecular complexity index is 813. The second-order valence-electron chi connectivity index (χ2n) is 6.54. The van der Waals surface area contributed by atoms with Crippen LogP contribution < -0.4 is 5.73 Å². The number of benzene rings is 2. The van der Waals surface area contributed by atoms with E-state index in [-0.39, 0.29) is 5.75 Å². The highest BCUT2D eigenvalue weighted by Gasteiger charge is 2.38. The van der Waals surface area contributed by atoms with Gasteiger partial charge in [-0.1, -0.05) is 36.4 Å². The topological polar surface area (TPSA) is 60.2 Å². The fourth-order valence-corrected chi connectivity index (χ4v) is 4.39. The molecule has 2 aromatic carbocycles. The van der Waals surface area contributed by atoms with Crippen molar-refractivity contribution in [3.05, 3.63) is 69.8 Å². The van der Waals surface area contributed by atoms with Crippen LogP contribution in [-0.2, 0) is 20.3 Å². The maximum Gasteiger partial charge on any atom is 0.230 e. The predicted octanol–water partition coefficient (Wildman–Crippen LogP) is 3.42. The summed E-state index contributed by atoms with van der Waals surface area (Å²) in [6, 6.07) is 12.1. The van der Waals surface area contributed by atoms with Crippen molar-refractivity contribution >= 4 is 16.7 Å². The van der Waals surface area contributed by atoms with E-state index in [2.05, 4.69) is 13.0 Å². The Hall–Kier alpha value is -1.94. The Kier molecular flexibility index (Phi) is 5.29. The lowest BCUT2D eigenvalue weighted by molar-refractivity contribution is -0.115. The summed E-state index contributed by atoms with van der Waals surface area (Å²) >= 11 is 0. The molecule has 0 saturated heterocycles. The van der Waals surface area contributed by atoms with Gasteiger partial charge in [0.05, 0.1) is 4.75 Å². The molecule has 128 valence electrons. The van der Waals surface area contributed by atoms with Crippen LogP contribution in [0.1, 0.15) is 40.3 Å².